The van der Waals surface area contributed by atoms with Gasteiger partial charge in [0.25, 0.3) is 5.56 Å². The highest BCUT2D eigenvalue weighted by molar-refractivity contribution is 5.80. The standard InChI is InChI=1S/C22H24N6O3/c1-30-22(9-10-22)18-13-28(25-24-18)20-19-21(29)26(12-15-6-4-5-11-31-15)16-7-2-3-8-17(16)27(19)14-23-20/h2-3,7-8,13-15H,4-6,9-12H2,1H3. The monoisotopic (exact) mass is 420 g/mol. The van der Waals surface area contributed by atoms with Crippen LogP contribution in [-0.4, -0.2) is 48.8 Å². The SMILES string of the molecule is COC1(c2cn(-c3ncn4c3c(=O)n(CC3CCCCO3)c3ccccc34)nn2)CC1. The van der Waals surface area contributed by atoms with Crippen molar-refractivity contribution in [2.45, 2.75) is 50.4 Å². The number of rotatable bonds is 5. The number of nitrogens with zero attached hydrogens (tertiary/aromatic N) is 6. The van der Waals surface area contributed by atoms with Gasteiger partial charge in [0, 0.05) is 13.7 Å². The van der Waals surface area contributed by atoms with Crippen molar-refractivity contribution < 1.29 is 9.47 Å². The molecule has 160 valence electrons. The Morgan fingerprint density at radius 3 is 2.81 bits per heavy atom. The normalized spacial score (nSPS) is 20.5. The van der Waals surface area contributed by atoms with Crippen molar-refractivity contribution in [1.82, 2.24) is 28.9 Å². The molecule has 0 bridgehead atoms. The third kappa shape index (κ3) is 2.91. The molecular weight excluding hydrogens is 396 g/mol. The minimum absolute atomic E-state index is 0.0399. The predicted molar refractivity (Wildman–Crippen MR) is 113 cm³/mol. The van der Waals surface area contributed by atoms with Gasteiger partial charge in [0.05, 0.1) is 29.9 Å². The molecule has 1 atom stereocenters. The molecule has 6 rings (SSSR count). The minimum atomic E-state index is -0.348. The summed E-state index contributed by atoms with van der Waals surface area (Å²) in [5.41, 5.74) is 2.58. The van der Waals surface area contributed by atoms with E-state index in [0.717, 1.165) is 55.4 Å². The molecule has 0 spiro atoms. The van der Waals surface area contributed by atoms with Crippen LogP contribution in [0, 0.1) is 0 Å². The Kier molecular flexibility index (Phi) is 4.22. The lowest BCUT2D eigenvalue weighted by molar-refractivity contribution is 0.00619. The fourth-order valence-electron chi connectivity index (χ4n) is 4.61. The van der Waals surface area contributed by atoms with Gasteiger partial charge in [0.2, 0.25) is 0 Å². The average Bonchev–Trinajstić information content (AvgIpc) is 3.23. The Bertz CT molecular complexity index is 1330. The van der Waals surface area contributed by atoms with Gasteiger partial charge >= 0.3 is 0 Å². The molecule has 1 unspecified atom stereocenters. The van der Waals surface area contributed by atoms with Gasteiger partial charge in [-0.25, -0.2) is 4.98 Å². The Labute approximate surface area is 178 Å². The Balaban J connectivity index is 1.52. The lowest BCUT2D eigenvalue weighted by Gasteiger charge is -2.24. The van der Waals surface area contributed by atoms with Gasteiger partial charge < -0.3 is 14.0 Å². The van der Waals surface area contributed by atoms with Crippen molar-refractivity contribution in [2.75, 3.05) is 13.7 Å². The van der Waals surface area contributed by atoms with Crippen LogP contribution in [0.1, 0.15) is 37.8 Å². The number of benzene rings is 1. The first kappa shape index (κ1) is 18.7. The second-order valence-corrected chi connectivity index (χ2v) is 8.43. The van der Waals surface area contributed by atoms with Crippen molar-refractivity contribution in [1.29, 1.82) is 0 Å². The molecule has 2 fully saturated rings. The van der Waals surface area contributed by atoms with E-state index in [0.29, 0.717) is 17.9 Å². The summed E-state index contributed by atoms with van der Waals surface area (Å²) in [7, 11) is 1.69. The molecule has 1 aromatic carbocycles. The van der Waals surface area contributed by atoms with Gasteiger partial charge in [-0.15, -0.1) is 5.10 Å². The highest BCUT2D eigenvalue weighted by Gasteiger charge is 2.47. The lowest BCUT2D eigenvalue weighted by Crippen LogP contribution is -2.32. The molecule has 9 heteroatoms. The first-order valence-electron chi connectivity index (χ1n) is 10.8. The van der Waals surface area contributed by atoms with E-state index >= 15 is 0 Å². The lowest BCUT2D eigenvalue weighted by atomic mass is 10.1. The highest BCUT2D eigenvalue weighted by Crippen LogP contribution is 2.47. The summed E-state index contributed by atoms with van der Waals surface area (Å²) in [6.45, 7) is 1.27. The summed E-state index contributed by atoms with van der Waals surface area (Å²) >= 11 is 0. The van der Waals surface area contributed by atoms with Crippen molar-refractivity contribution in [3.05, 3.63) is 52.8 Å². The van der Waals surface area contributed by atoms with Crippen molar-refractivity contribution in [3.63, 3.8) is 0 Å². The van der Waals surface area contributed by atoms with Crippen LogP contribution in [0.25, 0.3) is 22.4 Å². The van der Waals surface area contributed by atoms with Crippen LogP contribution < -0.4 is 5.56 Å². The van der Waals surface area contributed by atoms with Crippen molar-refractivity contribution in [2.24, 2.45) is 0 Å². The van der Waals surface area contributed by atoms with Gasteiger partial charge in [0.1, 0.15) is 17.6 Å². The number of hydrogen-bond acceptors (Lipinski definition) is 6. The number of imidazole rings is 1. The number of methoxy groups -OCH3 is 1. The zero-order valence-electron chi connectivity index (χ0n) is 17.4. The van der Waals surface area contributed by atoms with Crippen molar-refractivity contribution >= 4 is 16.6 Å². The minimum Gasteiger partial charge on any atom is -0.376 e. The summed E-state index contributed by atoms with van der Waals surface area (Å²) in [6.07, 6.45) is 8.55. The van der Waals surface area contributed by atoms with E-state index in [2.05, 4.69) is 15.3 Å². The van der Waals surface area contributed by atoms with Crippen LogP contribution in [0.3, 0.4) is 0 Å². The highest BCUT2D eigenvalue weighted by atomic mass is 16.5. The first-order chi connectivity index (χ1) is 15.2. The van der Waals surface area contributed by atoms with Gasteiger partial charge in [-0.1, -0.05) is 17.3 Å². The fourth-order valence-corrected chi connectivity index (χ4v) is 4.61. The van der Waals surface area contributed by atoms with Crippen LogP contribution in [0.5, 0.6) is 0 Å². The van der Waals surface area contributed by atoms with E-state index in [9.17, 15) is 4.79 Å². The molecule has 0 amide bonds. The molecule has 1 saturated heterocycles. The molecule has 4 aromatic rings. The molecular formula is C22H24N6O3. The van der Waals surface area contributed by atoms with Gasteiger partial charge in [-0.3, -0.25) is 9.20 Å². The second kappa shape index (κ2) is 7.00. The number of fused-ring (bicyclic) bond motifs is 3. The van der Waals surface area contributed by atoms with E-state index < -0.39 is 0 Å². The maximum atomic E-state index is 13.7. The molecule has 9 nitrogen and oxygen atoms in total. The summed E-state index contributed by atoms with van der Waals surface area (Å²) in [6, 6.07) is 7.90. The molecule has 4 heterocycles. The topological polar surface area (TPSA) is 88.5 Å². The molecule has 1 aliphatic heterocycles. The fraction of sp³-hybridized carbons (Fsp3) is 0.455. The summed E-state index contributed by atoms with van der Waals surface area (Å²) in [5, 5.41) is 8.57. The smallest absolute Gasteiger partial charge is 0.279 e. The van der Waals surface area contributed by atoms with Gasteiger partial charge in [-0.05, 0) is 44.2 Å². The third-order valence-electron chi connectivity index (χ3n) is 6.56. The third-order valence-corrected chi connectivity index (χ3v) is 6.56. The van der Waals surface area contributed by atoms with Crippen LogP contribution in [0.15, 0.2) is 41.6 Å². The summed E-state index contributed by atoms with van der Waals surface area (Å²) < 4.78 is 16.8. The summed E-state index contributed by atoms with van der Waals surface area (Å²) in [5.74, 6) is 0.472. The number of aromatic nitrogens is 6. The van der Waals surface area contributed by atoms with E-state index in [1.165, 1.54) is 0 Å². The van der Waals surface area contributed by atoms with Gasteiger partial charge in [-0.2, -0.15) is 4.68 Å². The van der Waals surface area contributed by atoms with Crippen LogP contribution in [0.4, 0.5) is 0 Å². The molecule has 31 heavy (non-hydrogen) atoms. The van der Waals surface area contributed by atoms with E-state index in [1.807, 2.05) is 39.4 Å². The van der Waals surface area contributed by atoms with Crippen LogP contribution in [0.2, 0.25) is 0 Å². The molecule has 3 aromatic heterocycles. The molecule has 0 radical (unpaired) electrons. The number of hydrogen-bond donors (Lipinski definition) is 0. The van der Waals surface area contributed by atoms with E-state index in [4.69, 9.17) is 9.47 Å². The first-order valence-corrected chi connectivity index (χ1v) is 10.8. The summed E-state index contributed by atoms with van der Waals surface area (Å²) in [4.78, 5) is 18.2. The Morgan fingerprint density at radius 1 is 1.23 bits per heavy atom. The van der Waals surface area contributed by atoms with Crippen LogP contribution in [-0.2, 0) is 21.6 Å². The number of ether oxygens (including phenoxy) is 2. The Morgan fingerprint density at radius 2 is 2.06 bits per heavy atom. The molecule has 0 N–H and O–H groups in total. The maximum absolute atomic E-state index is 13.7. The zero-order chi connectivity index (χ0) is 21.0. The van der Waals surface area contributed by atoms with E-state index in [1.54, 1.807) is 18.1 Å². The quantitative estimate of drug-likeness (QED) is 0.493. The second-order valence-electron chi connectivity index (χ2n) is 8.43. The number of para-hydroxylation sites is 2. The average molecular weight is 420 g/mol. The maximum Gasteiger partial charge on any atom is 0.279 e. The molecule has 2 aliphatic rings. The Hall–Kier alpha value is -3.04. The van der Waals surface area contributed by atoms with Crippen molar-refractivity contribution in [3.8, 4) is 5.82 Å². The zero-order valence-corrected chi connectivity index (χ0v) is 17.4. The van der Waals surface area contributed by atoms with E-state index in [-0.39, 0.29) is 17.3 Å². The molecule has 1 saturated carbocycles. The molecule has 1 aliphatic carbocycles. The van der Waals surface area contributed by atoms with Gasteiger partial charge in [0.15, 0.2) is 11.3 Å². The predicted octanol–water partition coefficient (Wildman–Crippen LogP) is 2.43. The van der Waals surface area contributed by atoms with Crippen LogP contribution >= 0.6 is 0 Å². The largest absolute Gasteiger partial charge is 0.376 e.